The number of amides is 2. The van der Waals surface area contributed by atoms with Crippen LogP contribution < -0.4 is 15.4 Å². The van der Waals surface area contributed by atoms with E-state index in [1.807, 2.05) is 5.32 Å². The Morgan fingerprint density at radius 1 is 1.00 bits per heavy atom. The number of halogens is 7. The maximum atomic E-state index is 13.8. The standard InChI is InChI=1S/C16H11F7N2O2/c17-13-11(15(18,19)20)5-2-6-12(13)25-14(26)24-8-9-3-1-4-10(7-9)27-16(21,22)23/h1-7H,8H2,(H2,24,25,26). The Hall–Kier alpha value is -2.98. The summed E-state index contributed by atoms with van der Waals surface area (Å²) >= 11 is 0. The molecule has 2 rings (SSSR count). The second-order valence-corrected chi connectivity index (χ2v) is 5.17. The van der Waals surface area contributed by atoms with Crippen molar-refractivity contribution >= 4 is 11.7 Å². The maximum Gasteiger partial charge on any atom is 0.573 e. The summed E-state index contributed by atoms with van der Waals surface area (Å²) in [4.78, 5) is 11.7. The summed E-state index contributed by atoms with van der Waals surface area (Å²) < 4.78 is 91.9. The second-order valence-electron chi connectivity index (χ2n) is 5.17. The van der Waals surface area contributed by atoms with Crippen LogP contribution in [0, 0.1) is 5.82 Å². The van der Waals surface area contributed by atoms with Crippen LogP contribution in [0.3, 0.4) is 0 Å². The summed E-state index contributed by atoms with van der Waals surface area (Å²) in [5.74, 6) is -2.16. The zero-order chi connectivity index (χ0) is 20.2. The quantitative estimate of drug-likeness (QED) is 0.710. The lowest BCUT2D eigenvalue weighted by Crippen LogP contribution is -2.29. The van der Waals surface area contributed by atoms with E-state index in [0.29, 0.717) is 6.07 Å². The molecule has 2 N–H and O–H groups in total. The van der Waals surface area contributed by atoms with Gasteiger partial charge < -0.3 is 15.4 Å². The molecule has 0 fully saturated rings. The summed E-state index contributed by atoms with van der Waals surface area (Å²) in [5.41, 5.74) is -2.02. The predicted octanol–water partition coefficient (Wildman–Crippen LogP) is 5.06. The molecule has 2 amide bonds. The molecule has 0 bridgehead atoms. The molecular weight excluding hydrogens is 385 g/mol. The highest BCUT2D eigenvalue weighted by Crippen LogP contribution is 2.33. The molecule has 0 saturated carbocycles. The Bertz CT molecular complexity index is 819. The monoisotopic (exact) mass is 396 g/mol. The second kappa shape index (κ2) is 7.72. The first-order valence-electron chi connectivity index (χ1n) is 7.21. The van der Waals surface area contributed by atoms with E-state index in [-0.39, 0.29) is 12.1 Å². The summed E-state index contributed by atoms with van der Waals surface area (Å²) in [7, 11) is 0. The van der Waals surface area contributed by atoms with E-state index in [0.717, 1.165) is 24.3 Å². The van der Waals surface area contributed by atoms with Gasteiger partial charge in [0.15, 0.2) is 5.82 Å². The molecule has 4 nitrogen and oxygen atoms in total. The Balaban J connectivity index is 2.01. The maximum absolute atomic E-state index is 13.8. The highest BCUT2D eigenvalue weighted by molar-refractivity contribution is 5.89. The van der Waals surface area contributed by atoms with Gasteiger partial charge in [-0.15, -0.1) is 13.2 Å². The van der Waals surface area contributed by atoms with E-state index >= 15 is 0 Å². The normalized spacial score (nSPS) is 11.8. The Morgan fingerprint density at radius 2 is 1.67 bits per heavy atom. The molecule has 0 aromatic heterocycles. The van der Waals surface area contributed by atoms with Crippen LogP contribution in [0.25, 0.3) is 0 Å². The molecule has 27 heavy (non-hydrogen) atoms. The number of alkyl halides is 6. The molecule has 11 heteroatoms. The molecule has 0 unspecified atom stereocenters. The van der Waals surface area contributed by atoms with Crippen molar-refractivity contribution in [2.75, 3.05) is 5.32 Å². The lowest BCUT2D eigenvalue weighted by Gasteiger charge is -2.13. The van der Waals surface area contributed by atoms with E-state index in [1.165, 1.54) is 12.1 Å². The van der Waals surface area contributed by atoms with Gasteiger partial charge in [-0.3, -0.25) is 0 Å². The van der Waals surface area contributed by atoms with Gasteiger partial charge in [-0.25, -0.2) is 9.18 Å². The minimum atomic E-state index is -4.93. The van der Waals surface area contributed by atoms with Crippen molar-refractivity contribution in [3.63, 3.8) is 0 Å². The molecule has 2 aromatic carbocycles. The number of ether oxygens (including phenoxy) is 1. The van der Waals surface area contributed by atoms with Crippen LogP contribution >= 0.6 is 0 Å². The average Bonchev–Trinajstić information content (AvgIpc) is 2.52. The Labute approximate surface area is 147 Å². The van der Waals surface area contributed by atoms with E-state index in [4.69, 9.17) is 0 Å². The topological polar surface area (TPSA) is 50.4 Å². The molecule has 0 aliphatic heterocycles. The van der Waals surface area contributed by atoms with E-state index in [2.05, 4.69) is 10.1 Å². The Morgan fingerprint density at radius 3 is 2.30 bits per heavy atom. The third kappa shape index (κ3) is 6.04. The summed E-state index contributed by atoms with van der Waals surface area (Å²) in [6.45, 7) is -0.276. The van der Waals surface area contributed by atoms with Crippen molar-refractivity contribution in [1.82, 2.24) is 5.32 Å². The van der Waals surface area contributed by atoms with Crippen molar-refractivity contribution in [3.05, 3.63) is 59.4 Å². The molecule has 0 atom stereocenters. The molecule has 0 saturated heterocycles. The fourth-order valence-electron chi connectivity index (χ4n) is 2.05. The number of carbonyl (C=O) groups is 1. The lowest BCUT2D eigenvalue weighted by molar-refractivity contribution is -0.274. The van der Waals surface area contributed by atoms with E-state index in [1.54, 1.807) is 0 Å². The number of urea groups is 1. The molecular formula is C16H11F7N2O2. The molecule has 0 aliphatic rings. The molecule has 0 aliphatic carbocycles. The molecule has 0 spiro atoms. The number of benzene rings is 2. The minimum absolute atomic E-state index is 0.219. The summed E-state index contributed by atoms with van der Waals surface area (Å²) in [6.07, 6.45) is -9.82. The van der Waals surface area contributed by atoms with Crippen LogP contribution in [0.1, 0.15) is 11.1 Å². The first kappa shape index (κ1) is 20.3. The third-order valence-corrected chi connectivity index (χ3v) is 3.14. The van der Waals surface area contributed by atoms with Crippen molar-refractivity contribution < 1.29 is 40.3 Å². The number of rotatable bonds is 4. The van der Waals surface area contributed by atoms with Gasteiger partial charge in [-0.2, -0.15) is 13.2 Å². The van der Waals surface area contributed by atoms with E-state index in [9.17, 15) is 35.5 Å². The van der Waals surface area contributed by atoms with Gasteiger partial charge in [0.25, 0.3) is 0 Å². The number of carbonyl (C=O) groups excluding carboxylic acids is 1. The molecule has 0 heterocycles. The summed E-state index contributed by atoms with van der Waals surface area (Å²) in [5, 5.41) is 4.10. The fraction of sp³-hybridized carbons (Fsp3) is 0.188. The van der Waals surface area contributed by atoms with Crippen LogP contribution in [0.4, 0.5) is 41.2 Å². The SMILES string of the molecule is O=C(NCc1cccc(OC(F)(F)F)c1)Nc1cccc(C(F)(F)F)c1F. The third-order valence-electron chi connectivity index (χ3n) is 3.14. The number of nitrogens with one attached hydrogen (secondary N) is 2. The van der Waals surface area contributed by atoms with Crippen LogP contribution in [-0.4, -0.2) is 12.4 Å². The number of hydrogen-bond donors (Lipinski definition) is 2. The van der Waals surface area contributed by atoms with Gasteiger partial charge in [-0.05, 0) is 29.8 Å². The minimum Gasteiger partial charge on any atom is -0.406 e. The zero-order valence-electron chi connectivity index (χ0n) is 13.2. The highest BCUT2D eigenvalue weighted by Gasteiger charge is 2.35. The van der Waals surface area contributed by atoms with Gasteiger partial charge in [0.1, 0.15) is 5.75 Å². The van der Waals surface area contributed by atoms with Crippen LogP contribution in [0.5, 0.6) is 5.75 Å². The van der Waals surface area contributed by atoms with Crippen molar-refractivity contribution in [2.24, 2.45) is 0 Å². The number of anilines is 1. The van der Waals surface area contributed by atoms with Crippen LogP contribution in [0.15, 0.2) is 42.5 Å². The van der Waals surface area contributed by atoms with Crippen molar-refractivity contribution in [3.8, 4) is 5.75 Å². The zero-order valence-corrected chi connectivity index (χ0v) is 13.2. The van der Waals surface area contributed by atoms with Crippen molar-refractivity contribution in [1.29, 1.82) is 0 Å². The molecule has 2 aromatic rings. The highest BCUT2D eigenvalue weighted by atomic mass is 19.4. The van der Waals surface area contributed by atoms with E-state index < -0.39 is 41.4 Å². The van der Waals surface area contributed by atoms with Gasteiger partial charge in [0, 0.05) is 6.54 Å². The number of hydrogen-bond acceptors (Lipinski definition) is 2. The first-order chi connectivity index (χ1) is 12.5. The molecule has 0 radical (unpaired) electrons. The lowest BCUT2D eigenvalue weighted by atomic mass is 10.2. The van der Waals surface area contributed by atoms with Gasteiger partial charge in [-0.1, -0.05) is 18.2 Å². The average molecular weight is 396 g/mol. The predicted molar refractivity (Wildman–Crippen MR) is 80.4 cm³/mol. The largest absolute Gasteiger partial charge is 0.573 e. The van der Waals surface area contributed by atoms with Gasteiger partial charge in [0.05, 0.1) is 11.3 Å². The summed E-state index contributed by atoms with van der Waals surface area (Å²) in [6, 6.07) is 6.02. The van der Waals surface area contributed by atoms with Gasteiger partial charge >= 0.3 is 18.6 Å². The van der Waals surface area contributed by atoms with Crippen LogP contribution in [0.2, 0.25) is 0 Å². The molecule has 146 valence electrons. The Kier molecular flexibility index (Phi) is 5.82. The van der Waals surface area contributed by atoms with Gasteiger partial charge in [0.2, 0.25) is 0 Å². The van der Waals surface area contributed by atoms with Crippen molar-refractivity contribution in [2.45, 2.75) is 19.1 Å². The van der Waals surface area contributed by atoms with Crippen LogP contribution in [-0.2, 0) is 12.7 Å². The fourth-order valence-corrected chi connectivity index (χ4v) is 2.05. The first-order valence-corrected chi connectivity index (χ1v) is 7.21. The smallest absolute Gasteiger partial charge is 0.406 e.